The van der Waals surface area contributed by atoms with E-state index in [1.807, 2.05) is 26.8 Å². The minimum atomic E-state index is -4.42. The van der Waals surface area contributed by atoms with Gasteiger partial charge in [0, 0.05) is 28.3 Å². The van der Waals surface area contributed by atoms with Crippen molar-refractivity contribution < 1.29 is 27.1 Å². The molecule has 2 aromatic carbocycles. The zero-order valence-electron chi connectivity index (χ0n) is 17.1. The van der Waals surface area contributed by atoms with Crippen LogP contribution in [0.5, 0.6) is 5.75 Å². The maximum atomic E-state index is 12.7. The molecule has 1 amide bonds. The molecule has 3 rings (SSSR count). The quantitative estimate of drug-likeness (QED) is 0.482. The summed E-state index contributed by atoms with van der Waals surface area (Å²) in [6.45, 7) is 7.94. The number of hydrogen-bond donors (Lipinski definition) is 1. The van der Waals surface area contributed by atoms with E-state index in [9.17, 15) is 18.0 Å². The molecule has 0 aliphatic rings. The number of benzene rings is 2. The molecule has 4 nitrogen and oxygen atoms in total. The number of anilines is 1. The molecule has 0 atom stereocenters. The molecule has 0 aliphatic heterocycles. The molecule has 0 aliphatic carbocycles. The Morgan fingerprint density at radius 3 is 2.47 bits per heavy atom. The van der Waals surface area contributed by atoms with Gasteiger partial charge in [0.1, 0.15) is 11.3 Å². The van der Waals surface area contributed by atoms with Crippen LogP contribution in [-0.4, -0.2) is 12.5 Å². The van der Waals surface area contributed by atoms with Gasteiger partial charge in [-0.05, 0) is 69.2 Å². The van der Waals surface area contributed by atoms with Crippen LogP contribution in [0.15, 0.2) is 47.1 Å². The first-order valence-corrected chi connectivity index (χ1v) is 9.43. The molecule has 0 saturated carbocycles. The Labute approximate surface area is 172 Å². The van der Waals surface area contributed by atoms with Crippen molar-refractivity contribution in [2.45, 2.75) is 33.9 Å². The first-order valence-electron chi connectivity index (χ1n) is 9.43. The van der Waals surface area contributed by atoms with E-state index in [0.29, 0.717) is 17.9 Å². The third kappa shape index (κ3) is 4.35. The third-order valence-electron chi connectivity index (χ3n) is 4.78. The van der Waals surface area contributed by atoms with Crippen LogP contribution in [0.4, 0.5) is 18.9 Å². The molecule has 0 fully saturated rings. The third-order valence-corrected chi connectivity index (χ3v) is 4.78. The summed E-state index contributed by atoms with van der Waals surface area (Å²) in [5, 5.41) is 3.52. The van der Waals surface area contributed by atoms with E-state index in [-0.39, 0.29) is 5.69 Å². The highest BCUT2D eigenvalue weighted by molar-refractivity contribution is 6.05. The fourth-order valence-corrected chi connectivity index (χ4v) is 3.26. The summed E-state index contributed by atoms with van der Waals surface area (Å²) >= 11 is 0. The SMILES string of the molecule is CCOc1c(/C(C)=C/C(=O)Nc2ccc(C(F)(F)F)cc2)cc2c(C)coc2c1C. The molecule has 158 valence electrons. The predicted molar refractivity (Wildman–Crippen MR) is 111 cm³/mol. The van der Waals surface area contributed by atoms with Gasteiger partial charge in [-0.1, -0.05) is 0 Å². The van der Waals surface area contributed by atoms with Crippen LogP contribution in [0.25, 0.3) is 16.5 Å². The van der Waals surface area contributed by atoms with E-state index < -0.39 is 17.6 Å². The lowest BCUT2D eigenvalue weighted by Gasteiger charge is -2.14. The van der Waals surface area contributed by atoms with E-state index >= 15 is 0 Å². The number of alkyl halides is 3. The van der Waals surface area contributed by atoms with E-state index in [0.717, 1.165) is 39.8 Å². The fourth-order valence-electron chi connectivity index (χ4n) is 3.26. The Balaban J connectivity index is 1.90. The lowest BCUT2D eigenvalue weighted by molar-refractivity contribution is -0.137. The largest absolute Gasteiger partial charge is 0.493 e. The number of furan rings is 1. The first-order chi connectivity index (χ1) is 14.1. The van der Waals surface area contributed by atoms with Crippen molar-refractivity contribution in [3.05, 3.63) is 64.9 Å². The monoisotopic (exact) mass is 417 g/mol. The number of amides is 1. The Bertz CT molecular complexity index is 1110. The zero-order valence-corrected chi connectivity index (χ0v) is 17.1. The Morgan fingerprint density at radius 2 is 1.87 bits per heavy atom. The van der Waals surface area contributed by atoms with E-state index in [1.165, 1.54) is 18.2 Å². The summed E-state index contributed by atoms with van der Waals surface area (Å²) in [5.74, 6) is 0.187. The number of aryl methyl sites for hydroxylation is 2. The van der Waals surface area contributed by atoms with Gasteiger partial charge in [0.25, 0.3) is 0 Å². The lowest BCUT2D eigenvalue weighted by Crippen LogP contribution is -2.10. The highest BCUT2D eigenvalue weighted by Crippen LogP contribution is 2.37. The van der Waals surface area contributed by atoms with Gasteiger partial charge < -0.3 is 14.5 Å². The minimum Gasteiger partial charge on any atom is -0.493 e. The number of halogens is 3. The molecular formula is C23H22F3NO3. The van der Waals surface area contributed by atoms with Crippen LogP contribution in [0, 0.1) is 13.8 Å². The number of fused-ring (bicyclic) bond motifs is 1. The molecule has 0 unspecified atom stereocenters. The lowest BCUT2D eigenvalue weighted by atomic mass is 9.98. The molecular weight excluding hydrogens is 395 g/mol. The van der Waals surface area contributed by atoms with Crippen LogP contribution < -0.4 is 10.1 Å². The summed E-state index contributed by atoms with van der Waals surface area (Å²) in [7, 11) is 0. The number of nitrogens with one attached hydrogen (secondary N) is 1. The number of ether oxygens (including phenoxy) is 1. The van der Waals surface area contributed by atoms with Gasteiger partial charge >= 0.3 is 6.18 Å². The van der Waals surface area contributed by atoms with Crippen LogP contribution in [0.1, 0.15) is 36.1 Å². The Kier molecular flexibility index (Phi) is 5.92. The van der Waals surface area contributed by atoms with Crippen LogP contribution >= 0.6 is 0 Å². The van der Waals surface area contributed by atoms with Crippen molar-refractivity contribution in [1.29, 1.82) is 0 Å². The second kappa shape index (κ2) is 8.26. The van der Waals surface area contributed by atoms with Gasteiger partial charge in [-0.2, -0.15) is 13.2 Å². The molecule has 0 bridgehead atoms. The van der Waals surface area contributed by atoms with E-state index in [1.54, 1.807) is 13.2 Å². The molecule has 3 aromatic rings. The maximum Gasteiger partial charge on any atom is 0.416 e. The molecule has 1 N–H and O–H groups in total. The fraction of sp³-hybridized carbons (Fsp3) is 0.261. The topological polar surface area (TPSA) is 51.5 Å². The average Bonchev–Trinajstić information content (AvgIpc) is 3.04. The summed E-state index contributed by atoms with van der Waals surface area (Å²) in [5.41, 5.74) is 3.48. The average molecular weight is 417 g/mol. The van der Waals surface area contributed by atoms with Gasteiger partial charge in [-0.3, -0.25) is 4.79 Å². The predicted octanol–water partition coefficient (Wildman–Crippen LogP) is 6.51. The summed E-state index contributed by atoms with van der Waals surface area (Å²) in [6, 6.07) is 6.22. The van der Waals surface area contributed by atoms with Crippen molar-refractivity contribution >= 4 is 28.1 Å². The van der Waals surface area contributed by atoms with Crippen LogP contribution in [0.3, 0.4) is 0 Å². The molecule has 0 saturated heterocycles. The van der Waals surface area contributed by atoms with Crippen molar-refractivity contribution in [2.75, 3.05) is 11.9 Å². The Morgan fingerprint density at radius 1 is 1.20 bits per heavy atom. The van der Waals surface area contributed by atoms with Gasteiger partial charge in [0.05, 0.1) is 18.4 Å². The van der Waals surface area contributed by atoms with Gasteiger partial charge in [0.2, 0.25) is 5.91 Å². The standard InChI is InChI=1S/C23H22F3NO3/c1-5-29-21-15(4)22-19(14(3)12-30-22)11-18(21)13(2)10-20(28)27-17-8-6-16(7-9-17)23(24,25)26/h6-12H,5H2,1-4H3,(H,27,28)/b13-10+. The number of carbonyl (C=O) groups excluding carboxylic acids is 1. The highest BCUT2D eigenvalue weighted by Gasteiger charge is 2.30. The van der Waals surface area contributed by atoms with Gasteiger partial charge in [-0.15, -0.1) is 0 Å². The number of allylic oxidation sites excluding steroid dienone is 1. The smallest absolute Gasteiger partial charge is 0.416 e. The van der Waals surface area contributed by atoms with Crippen molar-refractivity contribution in [2.24, 2.45) is 0 Å². The second-order valence-corrected chi connectivity index (χ2v) is 7.00. The summed E-state index contributed by atoms with van der Waals surface area (Å²) in [4.78, 5) is 12.4. The number of rotatable bonds is 5. The van der Waals surface area contributed by atoms with E-state index in [4.69, 9.17) is 9.15 Å². The van der Waals surface area contributed by atoms with Crippen molar-refractivity contribution in [1.82, 2.24) is 0 Å². The highest BCUT2D eigenvalue weighted by atomic mass is 19.4. The summed E-state index contributed by atoms with van der Waals surface area (Å²) in [6.07, 6.45) is -1.35. The number of carbonyl (C=O) groups is 1. The summed E-state index contributed by atoms with van der Waals surface area (Å²) < 4.78 is 49.5. The molecule has 0 radical (unpaired) electrons. The maximum absolute atomic E-state index is 12.7. The first kappa shape index (κ1) is 21.5. The minimum absolute atomic E-state index is 0.277. The molecule has 30 heavy (non-hydrogen) atoms. The second-order valence-electron chi connectivity index (χ2n) is 7.00. The zero-order chi connectivity index (χ0) is 22.1. The molecule has 1 heterocycles. The Hall–Kier alpha value is -3.22. The van der Waals surface area contributed by atoms with Crippen molar-refractivity contribution in [3.8, 4) is 5.75 Å². The van der Waals surface area contributed by atoms with Gasteiger partial charge in [0.15, 0.2) is 0 Å². The van der Waals surface area contributed by atoms with Crippen LogP contribution in [0.2, 0.25) is 0 Å². The van der Waals surface area contributed by atoms with Crippen LogP contribution in [-0.2, 0) is 11.0 Å². The van der Waals surface area contributed by atoms with Crippen molar-refractivity contribution in [3.63, 3.8) is 0 Å². The number of hydrogen-bond acceptors (Lipinski definition) is 3. The normalized spacial score (nSPS) is 12.3. The molecule has 7 heteroatoms. The van der Waals surface area contributed by atoms with Gasteiger partial charge in [-0.25, -0.2) is 0 Å². The molecule has 1 aromatic heterocycles. The molecule has 0 spiro atoms. The van der Waals surface area contributed by atoms with E-state index in [2.05, 4.69) is 5.32 Å².